The molecular formula is C20H22N4O4S. The Morgan fingerprint density at radius 2 is 2.03 bits per heavy atom. The SMILES string of the molecule is COC(=O)c1ccccc1NC(=O)CSc1nc2cc(C)[nH]c2c(=O)n1C(C)C. The van der Waals surface area contributed by atoms with Crippen molar-refractivity contribution in [1.82, 2.24) is 14.5 Å². The number of H-pyrrole nitrogens is 1. The van der Waals surface area contributed by atoms with E-state index >= 15 is 0 Å². The lowest BCUT2D eigenvalue weighted by Gasteiger charge is -2.15. The quantitative estimate of drug-likeness (QED) is 0.365. The largest absolute Gasteiger partial charge is 0.465 e. The number of para-hydroxylation sites is 1. The van der Waals surface area contributed by atoms with Crippen molar-refractivity contribution in [3.63, 3.8) is 0 Å². The van der Waals surface area contributed by atoms with Gasteiger partial charge in [0.2, 0.25) is 5.91 Å². The molecule has 0 aliphatic rings. The summed E-state index contributed by atoms with van der Waals surface area (Å²) in [5, 5.41) is 3.18. The lowest BCUT2D eigenvalue weighted by Crippen LogP contribution is -2.26. The number of benzene rings is 1. The molecule has 1 amide bonds. The smallest absolute Gasteiger partial charge is 0.339 e. The summed E-state index contributed by atoms with van der Waals surface area (Å²) in [6.45, 7) is 5.64. The molecule has 0 bridgehead atoms. The van der Waals surface area contributed by atoms with Crippen molar-refractivity contribution in [1.29, 1.82) is 0 Å². The van der Waals surface area contributed by atoms with Gasteiger partial charge in [0, 0.05) is 11.7 Å². The standard InChI is InChI=1S/C20H22N4O4S/c1-11(2)24-18(26)17-15(9-12(3)21-17)23-20(24)29-10-16(25)22-14-8-6-5-7-13(14)19(27)28-4/h5-9,11,21H,10H2,1-4H3,(H,22,25). The van der Waals surface area contributed by atoms with Crippen LogP contribution in [0.25, 0.3) is 11.0 Å². The van der Waals surface area contributed by atoms with Crippen LogP contribution in [-0.2, 0) is 9.53 Å². The van der Waals surface area contributed by atoms with Crippen molar-refractivity contribution in [2.75, 3.05) is 18.2 Å². The number of methoxy groups -OCH3 is 1. The second-order valence-electron chi connectivity index (χ2n) is 6.75. The topological polar surface area (TPSA) is 106 Å². The van der Waals surface area contributed by atoms with E-state index in [1.807, 2.05) is 20.8 Å². The van der Waals surface area contributed by atoms with Crippen LogP contribution in [0.15, 0.2) is 40.3 Å². The molecule has 3 aromatic rings. The molecule has 0 unspecified atom stereocenters. The van der Waals surface area contributed by atoms with Gasteiger partial charge in [-0.2, -0.15) is 0 Å². The summed E-state index contributed by atoms with van der Waals surface area (Å²) >= 11 is 1.17. The number of aryl methyl sites for hydroxylation is 1. The predicted molar refractivity (Wildman–Crippen MR) is 113 cm³/mol. The Bertz CT molecular complexity index is 1130. The highest BCUT2D eigenvalue weighted by molar-refractivity contribution is 7.99. The second-order valence-corrected chi connectivity index (χ2v) is 7.69. The van der Waals surface area contributed by atoms with Gasteiger partial charge in [0.25, 0.3) is 5.56 Å². The molecule has 0 atom stereocenters. The van der Waals surface area contributed by atoms with Crippen molar-refractivity contribution in [3.05, 3.63) is 51.9 Å². The van der Waals surface area contributed by atoms with Crippen LogP contribution < -0.4 is 10.9 Å². The van der Waals surface area contributed by atoms with Gasteiger partial charge in [-0.25, -0.2) is 9.78 Å². The summed E-state index contributed by atoms with van der Waals surface area (Å²) in [6.07, 6.45) is 0. The van der Waals surface area contributed by atoms with E-state index in [1.165, 1.54) is 18.9 Å². The van der Waals surface area contributed by atoms with Crippen LogP contribution in [0.2, 0.25) is 0 Å². The monoisotopic (exact) mass is 414 g/mol. The molecular weight excluding hydrogens is 392 g/mol. The fourth-order valence-electron chi connectivity index (χ4n) is 2.94. The first-order chi connectivity index (χ1) is 13.8. The van der Waals surface area contributed by atoms with E-state index in [1.54, 1.807) is 34.9 Å². The van der Waals surface area contributed by atoms with Crippen LogP contribution in [-0.4, -0.2) is 39.3 Å². The van der Waals surface area contributed by atoms with Crippen molar-refractivity contribution < 1.29 is 14.3 Å². The number of amides is 1. The minimum absolute atomic E-state index is 0.0313. The Balaban J connectivity index is 1.82. The number of hydrogen-bond acceptors (Lipinski definition) is 6. The first-order valence-corrected chi connectivity index (χ1v) is 10.0. The maximum absolute atomic E-state index is 12.8. The van der Waals surface area contributed by atoms with Crippen molar-refractivity contribution >= 4 is 40.4 Å². The molecule has 2 aromatic heterocycles. The highest BCUT2D eigenvalue weighted by Crippen LogP contribution is 2.22. The molecule has 152 valence electrons. The third-order valence-electron chi connectivity index (χ3n) is 4.24. The summed E-state index contributed by atoms with van der Waals surface area (Å²) in [5.74, 6) is -0.817. The van der Waals surface area contributed by atoms with Gasteiger partial charge in [0.1, 0.15) is 5.52 Å². The van der Waals surface area contributed by atoms with Crippen LogP contribution in [0.4, 0.5) is 5.69 Å². The number of hydrogen-bond donors (Lipinski definition) is 2. The number of anilines is 1. The molecule has 3 rings (SSSR count). The number of fused-ring (bicyclic) bond motifs is 1. The molecule has 1 aromatic carbocycles. The maximum Gasteiger partial charge on any atom is 0.339 e. The third-order valence-corrected chi connectivity index (χ3v) is 5.19. The fourth-order valence-corrected chi connectivity index (χ4v) is 3.87. The number of aromatic amines is 1. The number of esters is 1. The molecule has 0 aliphatic carbocycles. The summed E-state index contributed by atoms with van der Waals surface area (Å²) in [6, 6.07) is 8.30. The van der Waals surface area contributed by atoms with Gasteiger partial charge < -0.3 is 15.0 Å². The first kappa shape index (κ1) is 20.7. The lowest BCUT2D eigenvalue weighted by molar-refractivity contribution is -0.113. The number of carbonyl (C=O) groups is 2. The minimum Gasteiger partial charge on any atom is -0.465 e. The number of ether oxygens (including phenoxy) is 1. The number of carbonyl (C=O) groups excluding carboxylic acids is 2. The number of rotatable bonds is 6. The lowest BCUT2D eigenvalue weighted by atomic mass is 10.2. The molecule has 0 saturated carbocycles. The van der Waals surface area contributed by atoms with E-state index in [-0.39, 0.29) is 28.8 Å². The van der Waals surface area contributed by atoms with Crippen LogP contribution in [0.5, 0.6) is 0 Å². The van der Waals surface area contributed by atoms with E-state index < -0.39 is 5.97 Å². The van der Waals surface area contributed by atoms with E-state index in [0.29, 0.717) is 21.9 Å². The number of thioether (sulfide) groups is 1. The zero-order valence-electron chi connectivity index (χ0n) is 16.6. The molecule has 0 fully saturated rings. The van der Waals surface area contributed by atoms with Crippen molar-refractivity contribution in [2.45, 2.75) is 32.0 Å². The van der Waals surface area contributed by atoms with E-state index in [0.717, 1.165) is 5.69 Å². The molecule has 29 heavy (non-hydrogen) atoms. The van der Waals surface area contributed by atoms with Crippen molar-refractivity contribution in [2.24, 2.45) is 0 Å². The molecule has 8 nitrogen and oxygen atoms in total. The predicted octanol–water partition coefficient (Wildman–Crippen LogP) is 3.13. The van der Waals surface area contributed by atoms with Gasteiger partial charge in [-0.1, -0.05) is 23.9 Å². The maximum atomic E-state index is 12.8. The van der Waals surface area contributed by atoms with Crippen LogP contribution in [0, 0.1) is 6.92 Å². The van der Waals surface area contributed by atoms with Crippen LogP contribution >= 0.6 is 11.8 Å². The molecule has 0 radical (unpaired) electrons. The average Bonchev–Trinajstić information content (AvgIpc) is 3.06. The third kappa shape index (κ3) is 4.34. The van der Waals surface area contributed by atoms with E-state index in [2.05, 4.69) is 15.3 Å². The fraction of sp³-hybridized carbons (Fsp3) is 0.300. The Hall–Kier alpha value is -3.07. The number of nitrogens with zero attached hydrogens (tertiary/aromatic N) is 2. The zero-order valence-corrected chi connectivity index (χ0v) is 17.4. The summed E-state index contributed by atoms with van der Waals surface area (Å²) in [4.78, 5) is 44.7. The first-order valence-electron chi connectivity index (χ1n) is 9.03. The molecule has 0 saturated heterocycles. The van der Waals surface area contributed by atoms with Crippen LogP contribution in [0.1, 0.15) is 35.9 Å². The van der Waals surface area contributed by atoms with Gasteiger partial charge in [-0.3, -0.25) is 14.2 Å². The van der Waals surface area contributed by atoms with Gasteiger partial charge in [0.05, 0.1) is 29.6 Å². The van der Waals surface area contributed by atoms with Crippen molar-refractivity contribution in [3.8, 4) is 0 Å². The molecule has 2 heterocycles. The number of aromatic nitrogens is 3. The normalized spacial score (nSPS) is 11.1. The summed E-state index contributed by atoms with van der Waals surface area (Å²) < 4.78 is 6.31. The second kappa shape index (κ2) is 8.52. The zero-order chi connectivity index (χ0) is 21.1. The molecule has 0 aliphatic heterocycles. The Labute approximate surface area is 171 Å². The average molecular weight is 414 g/mol. The van der Waals surface area contributed by atoms with Gasteiger partial charge in [0.15, 0.2) is 5.16 Å². The Kier molecular flexibility index (Phi) is 6.07. The Morgan fingerprint density at radius 3 is 2.72 bits per heavy atom. The van der Waals surface area contributed by atoms with E-state index in [4.69, 9.17) is 4.74 Å². The molecule has 0 spiro atoms. The van der Waals surface area contributed by atoms with Gasteiger partial charge in [-0.05, 0) is 39.0 Å². The molecule has 2 N–H and O–H groups in total. The highest BCUT2D eigenvalue weighted by Gasteiger charge is 2.18. The molecule has 9 heteroatoms. The Morgan fingerprint density at radius 1 is 1.31 bits per heavy atom. The van der Waals surface area contributed by atoms with Crippen LogP contribution in [0.3, 0.4) is 0 Å². The summed E-state index contributed by atoms with van der Waals surface area (Å²) in [5.41, 5.74) is 2.35. The summed E-state index contributed by atoms with van der Waals surface area (Å²) in [7, 11) is 1.28. The van der Waals surface area contributed by atoms with E-state index in [9.17, 15) is 14.4 Å². The van der Waals surface area contributed by atoms with Gasteiger partial charge in [-0.15, -0.1) is 0 Å². The number of nitrogens with one attached hydrogen (secondary N) is 2. The van der Waals surface area contributed by atoms with Gasteiger partial charge >= 0.3 is 5.97 Å². The minimum atomic E-state index is -0.530. The highest BCUT2D eigenvalue weighted by atomic mass is 32.2.